The van der Waals surface area contributed by atoms with E-state index in [0.29, 0.717) is 11.0 Å². The van der Waals surface area contributed by atoms with Crippen molar-refractivity contribution < 1.29 is 0 Å². The summed E-state index contributed by atoms with van der Waals surface area (Å²) >= 11 is 8.03. The Kier molecular flexibility index (Phi) is 3.33. The van der Waals surface area contributed by atoms with Crippen LogP contribution in [0.1, 0.15) is 0 Å². The first kappa shape index (κ1) is 13.4. The van der Waals surface area contributed by atoms with E-state index in [1.54, 1.807) is 23.7 Å². The number of nitrogens with zero attached hydrogens (tertiary/aromatic N) is 3. The Morgan fingerprint density at radius 3 is 2.41 bits per heavy atom. The van der Waals surface area contributed by atoms with E-state index in [2.05, 4.69) is 32.5 Å². The molecule has 0 aliphatic rings. The molecule has 0 unspecified atom stereocenters. The normalized spacial score (nSPS) is 11.0. The number of rotatable bonds is 2. The fourth-order valence-corrected chi connectivity index (χ4v) is 3.63. The molecule has 0 N–H and O–H groups in total. The fourth-order valence-electron chi connectivity index (χ4n) is 2.36. The van der Waals surface area contributed by atoms with Crippen molar-refractivity contribution in [3.05, 3.63) is 65.4 Å². The molecular formula is C17H10ClN3S. The quantitative estimate of drug-likeness (QED) is 0.483. The minimum Gasteiger partial charge on any atom is -0.265 e. The molecule has 4 rings (SSSR count). The molecule has 3 heterocycles. The van der Waals surface area contributed by atoms with Crippen LogP contribution in [0.5, 0.6) is 0 Å². The Bertz CT molecular complexity index is 936. The Morgan fingerprint density at radius 1 is 0.864 bits per heavy atom. The Hall–Kier alpha value is -2.30. The summed E-state index contributed by atoms with van der Waals surface area (Å²) in [4.78, 5) is 14.0. The van der Waals surface area contributed by atoms with Crippen molar-refractivity contribution >= 4 is 33.2 Å². The first-order chi connectivity index (χ1) is 10.8. The molecule has 0 saturated carbocycles. The molecule has 5 heteroatoms. The Morgan fingerprint density at radius 2 is 1.64 bits per heavy atom. The minimum absolute atomic E-state index is 0.483. The Balaban J connectivity index is 1.92. The van der Waals surface area contributed by atoms with Crippen LogP contribution in [-0.2, 0) is 0 Å². The molecule has 0 saturated heterocycles. The molecule has 106 valence electrons. The van der Waals surface area contributed by atoms with Gasteiger partial charge < -0.3 is 0 Å². The van der Waals surface area contributed by atoms with E-state index in [-0.39, 0.29) is 0 Å². The SMILES string of the molecule is Clc1nc(-c2ccncc2)nc2scc(-c3ccccc3)c12. The molecule has 0 aliphatic heterocycles. The number of aromatic nitrogens is 3. The van der Waals surface area contributed by atoms with Crippen molar-refractivity contribution in [1.82, 2.24) is 15.0 Å². The average molecular weight is 324 g/mol. The first-order valence-electron chi connectivity index (χ1n) is 6.73. The van der Waals surface area contributed by atoms with Gasteiger partial charge in [0.2, 0.25) is 0 Å². The number of thiophene rings is 1. The van der Waals surface area contributed by atoms with Crippen LogP contribution in [0.4, 0.5) is 0 Å². The van der Waals surface area contributed by atoms with Crippen LogP contribution < -0.4 is 0 Å². The molecule has 0 atom stereocenters. The van der Waals surface area contributed by atoms with Crippen molar-refractivity contribution in [3.8, 4) is 22.5 Å². The molecule has 0 amide bonds. The van der Waals surface area contributed by atoms with Gasteiger partial charge in [-0.05, 0) is 17.7 Å². The van der Waals surface area contributed by atoms with Crippen molar-refractivity contribution in [2.75, 3.05) is 0 Å². The van der Waals surface area contributed by atoms with Crippen LogP contribution in [0.25, 0.3) is 32.7 Å². The maximum Gasteiger partial charge on any atom is 0.162 e. The molecule has 1 aromatic carbocycles. The molecule has 0 radical (unpaired) electrons. The summed E-state index contributed by atoms with van der Waals surface area (Å²) in [6.07, 6.45) is 3.45. The number of hydrogen-bond acceptors (Lipinski definition) is 4. The van der Waals surface area contributed by atoms with E-state index in [0.717, 1.165) is 26.9 Å². The topological polar surface area (TPSA) is 38.7 Å². The van der Waals surface area contributed by atoms with E-state index in [4.69, 9.17) is 11.6 Å². The molecule has 3 aromatic heterocycles. The third kappa shape index (κ3) is 2.26. The molecule has 3 nitrogen and oxygen atoms in total. The number of benzene rings is 1. The number of fused-ring (bicyclic) bond motifs is 1. The lowest BCUT2D eigenvalue weighted by atomic mass is 10.1. The van der Waals surface area contributed by atoms with Crippen molar-refractivity contribution in [2.45, 2.75) is 0 Å². The predicted octanol–water partition coefficient (Wildman–Crippen LogP) is 5.07. The zero-order chi connectivity index (χ0) is 14.9. The molecule has 0 bridgehead atoms. The van der Waals surface area contributed by atoms with E-state index in [9.17, 15) is 0 Å². The van der Waals surface area contributed by atoms with Gasteiger partial charge in [-0.3, -0.25) is 4.98 Å². The van der Waals surface area contributed by atoms with Crippen LogP contribution in [0.2, 0.25) is 5.15 Å². The monoisotopic (exact) mass is 323 g/mol. The second kappa shape index (κ2) is 5.48. The van der Waals surface area contributed by atoms with Gasteiger partial charge in [0.05, 0.1) is 5.39 Å². The van der Waals surface area contributed by atoms with Gasteiger partial charge in [0, 0.05) is 28.9 Å². The summed E-state index contributed by atoms with van der Waals surface area (Å²) in [6.45, 7) is 0. The van der Waals surface area contributed by atoms with Gasteiger partial charge in [-0.2, -0.15) is 0 Å². The smallest absolute Gasteiger partial charge is 0.162 e. The van der Waals surface area contributed by atoms with Crippen LogP contribution in [0, 0.1) is 0 Å². The summed E-state index contributed by atoms with van der Waals surface area (Å²) in [7, 11) is 0. The predicted molar refractivity (Wildman–Crippen MR) is 91.1 cm³/mol. The zero-order valence-corrected chi connectivity index (χ0v) is 13.0. The lowest BCUT2D eigenvalue weighted by Gasteiger charge is -2.04. The van der Waals surface area contributed by atoms with Crippen molar-refractivity contribution in [3.63, 3.8) is 0 Å². The van der Waals surface area contributed by atoms with E-state index >= 15 is 0 Å². The maximum atomic E-state index is 6.45. The standard InChI is InChI=1S/C17H10ClN3S/c18-15-14-13(11-4-2-1-3-5-11)10-22-17(14)21-16(20-15)12-6-8-19-9-7-12/h1-10H. The van der Waals surface area contributed by atoms with Crippen LogP contribution in [0.15, 0.2) is 60.2 Å². The summed E-state index contributed by atoms with van der Waals surface area (Å²) in [5.41, 5.74) is 3.11. The zero-order valence-electron chi connectivity index (χ0n) is 11.4. The highest BCUT2D eigenvalue weighted by Gasteiger charge is 2.14. The number of hydrogen-bond donors (Lipinski definition) is 0. The highest BCUT2D eigenvalue weighted by atomic mass is 35.5. The van der Waals surface area contributed by atoms with E-state index in [1.807, 2.05) is 30.3 Å². The summed E-state index contributed by atoms with van der Waals surface area (Å²) < 4.78 is 0. The lowest BCUT2D eigenvalue weighted by Crippen LogP contribution is -1.90. The van der Waals surface area contributed by atoms with Gasteiger partial charge in [0.15, 0.2) is 5.82 Å². The maximum absolute atomic E-state index is 6.45. The summed E-state index contributed by atoms with van der Waals surface area (Å²) in [5, 5.41) is 3.48. The third-order valence-corrected chi connectivity index (χ3v) is 4.56. The van der Waals surface area contributed by atoms with Gasteiger partial charge >= 0.3 is 0 Å². The van der Waals surface area contributed by atoms with Gasteiger partial charge in [0.25, 0.3) is 0 Å². The van der Waals surface area contributed by atoms with Crippen molar-refractivity contribution in [1.29, 1.82) is 0 Å². The molecule has 22 heavy (non-hydrogen) atoms. The third-order valence-electron chi connectivity index (χ3n) is 3.41. The number of pyridine rings is 1. The summed E-state index contributed by atoms with van der Waals surface area (Å²) in [6, 6.07) is 13.9. The lowest BCUT2D eigenvalue weighted by molar-refractivity contribution is 1.22. The molecular weight excluding hydrogens is 314 g/mol. The number of halogens is 1. The fraction of sp³-hybridized carbons (Fsp3) is 0. The second-order valence-electron chi connectivity index (χ2n) is 4.77. The highest BCUT2D eigenvalue weighted by molar-refractivity contribution is 7.17. The van der Waals surface area contributed by atoms with Crippen molar-refractivity contribution in [2.24, 2.45) is 0 Å². The highest BCUT2D eigenvalue weighted by Crippen LogP contribution is 2.37. The molecule has 0 fully saturated rings. The second-order valence-corrected chi connectivity index (χ2v) is 5.99. The molecule has 4 aromatic rings. The minimum atomic E-state index is 0.483. The molecule has 0 spiro atoms. The molecule has 0 aliphatic carbocycles. The van der Waals surface area contributed by atoms with Gasteiger partial charge in [-0.15, -0.1) is 11.3 Å². The van der Waals surface area contributed by atoms with Crippen LogP contribution in [-0.4, -0.2) is 15.0 Å². The Labute approximate surface area is 136 Å². The van der Waals surface area contributed by atoms with Gasteiger partial charge in [0.1, 0.15) is 9.98 Å². The van der Waals surface area contributed by atoms with E-state index in [1.165, 1.54) is 0 Å². The summed E-state index contributed by atoms with van der Waals surface area (Å²) in [5.74, 6) is 0.626. The largest absolute Gasteiger partial charge is 0.265 e. The average Bonchev–Trinajstić information content (AvgIpc) is 3.01. The van der Waals surface area contributed by atoms with Gasteiger partial charge in [-0.1, -0.05) is 41.9 Å². The van der Waals surface area contributed by atoms with Gasteiger partial charge in [-0.25, -0.2) is 9.97 Å². The van der Waals surface area contributed by atoms with E-state index < -0.39 is 0 Å². The first-order valence-corrected chi connectivity index (χ1v) is 7.99. The van der Waals surface area contributed by atoms with Crippen LogP contribution in [0.3, 0.4) is 0 Å². The van der Waals surface area contributed by atoms with Crippen LogP contribution >= 0.6 is 22.9 Å².